The summed E-state index contributed by atoms with van der Waals surface area (Å²) in [7, 11) is 3.79. The summed E-state index contributed by atoms with van der Waals surface area (Å²) in [6.45, 7) is 2.29. The molecule has 1 saturated carbocycles. The maximum absolute atomic E-state index is 12.5. The van der Waals surface area contributed by atoms with Gasteiger partial charge in [-0.1, -0.05) is 18.7 Å². The Morgan fingerprint density at radius 2 is 2.09 bits per heavy atom. The molecule has 2 aromatic heterocycles. The summed E-state index contributed by atoms with van der Waals surface area (Å²) in [6.07, 6.45) is 7.97. The Morgan fingerprint density at radius 3 is 2.83 bits per heavy atom. The second kappa shape index (κ2) is 6.86. The lowest BCUT2D eigenvalue weighted by Crippen LogP contribution is -2.40. The molecule has 23 heavy (non-hydrogen) atoms. The van der Waals surface area contributed by atoms with Crippen LogP contribution in [0.25, 0.3) is 11.0 Å². The Hall–Kier alpha value is -1.63. The number of rotatable bonds is 4. The van der Waals surface area contributed by atoms with Crippen molar-refractivity contribution in [3.05, 3.63) is 12.5 Å². The third kappa shape index (κ3) is 3.49. The normalized spacial score (nSPS) is 21.5. The first-order valence-corrected chi connectivity index (χ1v) is 9.06. The van der Waals surface area contributed by atoms with Crippen molar-refractivity contribution in [2.75, 3.05) is 12.8 Å². The highest BCUT2D eigenvalue weighted by Crippen LogP contribution is 2.28. The molecule has 0 radical (unpaired) electrons. The number of nitrogens with zero attached hydrogens (tertiary/aromatic N) is 5. The number of hydrogen-bond acceptors (Lipinski definition) is 5. The molecule has 0 atom stereocenters. The number of hydrogen-bond donors (Lipinski definition) is 0. The maximum atomic E-state index is 12.5. The Balaban J connectivity index is 1.62. The topological polar surface area (TPSA) is 63.9 Å². The number of fused-ring (bicyclic) bond motifs is 1. The fourth-order valence-electron chi connectivity index (χ4n) is 3.12. The van der Waals surface area contributed by atoms with Gasteiger partial charge in [0.2, 0.25) is 5.91 Å². The maximum Gasteiger partial charge on any atom is 0.232 e. The van der Waals surface area contributed by atoms with Gasteiger partial charge in [-0.15, -0.1) is 0 Å². The third-order valence-corrected chi connectivity index (χ3v) is 5.74. The predicted molar refractivity (Wildman–Crippen MR) is 91.2 cm³/mol. The van der Waals surface area contributed by atoms with Gasteiger partial charge in [0.25, 0.3) is 0 Å². The number of aromatic nitrogens is 4. The van der Waals surface area contributed by atoms with E-state index < -0.39 is 0 Å². The smallest absolute Gasteiger partial charge is 0.232 e. The van der Waals surface area contributed by atoms with Gasteiger partial charge in [-0.2, -0.15) is 5.10 Å². The van der Waals surface area contributed by atoms with E-state index in [9.17, 15) is 4.79 Å². The monoisotopic (exact) mass is 333 g/mol. The van der Waals surface area contributed by atoms with E-state index in [1.54, 1.807) is 10.9 Å². The van der Waals surface area contributed by atoms with Crippen LogP contribution in [0.5, 0.6) is 0 Å². The highest BCUT2D eigenvalue weighted by Gasteiger charge is 2.25. The van der Waals surface area contributed by atoms with Crippen molar-refractivity contribution in [1.82, 2.24) is 24.6 Å². The van der Waals surface area contributed by atoms with E-state index in [2.05, 4.69) is 22.0 Å². The van der Waals surface area contributed by atoms with E-state index in [0.717, 1.165) is 34.8 Å². The molecule has 0 aliphatic heterocycles. The highest BCUT2D eigenvalue weighted by molar-refractivity contribution is 8.00. The fourth-order valence-corrected chi connectivity index (χ4v) is 4.01. The van der Waals surface area contributed by atoms with Gasteiger partial charge in [0, 0.05) is 20.1 Å². The lowest BCUT2D eigenvalue weighted by molar-refractivity contribution is -0.129. The second-order valence-electron chi connectivity index (χ2n) is 6.39. The summed E-state index contributed by atoms with van der Waals surface area (Å²) in [5.41, 5.74) is 0.796. The average Bonchev–Trinajstić information content (AvgIpc) is 2.95. The summed E-state index contributed by atoms with van der Waals surface area (Å²) in [4.78, 5) is 22.9. The van der Waals surface area contributed by atoms with Crippen LogP contribution in [-0.4, -0.2) is 49.4 Å². The third-order valence-electron chi connectivity index (χ3n) is 4.75. The summed E-state index contributed by atoms with van der Waals surface area (Å²) >= 11 is 1.47. The molecule has 3 rings (SSSR count). The molecule has 0 spiro atoms. The van der Waals surface area contributed by atoms with Crippen molar-refractivity contribution < 1.29 is 4.79 Å². The van der Waals surface area contributed by atoms with Crippen LogP contribution < -0.4 is 0 Å². The van der Waals surface area contributed by atoms with Gasteiger partial charge in [0.15, 0.2) is 5.65 Å². The molecule has 0 aromatic carbocycles. The van der Waals surface area contributed by atoms with Gasteiger partial charge >= 0.3 is 0 Å². The van der Waals surface area contributed by atoms with E-state index in [1.807, 2.05) is 19.0 Å². The molecule has 0 bridgehead atoms. The Bertz CT molecular complexity index is 693. The van der Waals surface area contributed by atoms with Gasteiger partial charge in [-0.05, 0) is 31.6 Å². The molecule has 1 fully saturated rings. The Kier molecular flexibility index (Phi) is 4.84. The summed E-state index contributed by atoms with van der Waals surface area (Å²) in [5.74, 6) is 1.37. The zero-order valence-electron chi connectivity index (χ0n) is 13.9. The molecule has 0 unspecified atom stereocenters. The Labute approximate surface area is 140 Å². The summed E-state index contributed by atoms with van der Waals surface area (Å²) in [5, 5.41) is 5.93. The first kappa shape index (κ1) is 16.2. The van der Waals surface area contributed by atoms with Crippen LogP contribution in [-0.2, 0) is 11.8 Å². The van der Waals surface area contributed by atoms with Gasteiger partial charge in [0.05, 0.1) is 17.3 Å². The van der Waals surface area contributed by atoms with Crippen molar-refractivity contribution in [2.24, 2.45) is 13.0 Å². The molecule has 0 N–H and O–H groups in total. The van der Waals surface area contributed by atoms with Crippen LogP contribution in [0, 0.1) is 5.92 Å². The van der Waals surface area contributed by atoms with Crippen molar-refractivity contribution in [2.45, 2.75) is 43.7 Å². The van der Waals surface area contributed by atoms with Crippen molar-refractivity contribution in [3.63, 3.8) is 0 Å². The molecule has 1 aliphatic rings. The average molecular weight is 333 g/mol. The number of carbonyl (C=O) groups is 1. The molecule has 2 aromatic rings. The van der Waals surface area contributed by atoms with E-state index in [4.69, 9.17) is 0 Å². The van der Waals surface area contributed by atoms with E-state index in [0.29, 0.717) is 11.8 Å². The Morgan fingerprint density at radius 1 is 1.35 bits per heavy atom. The number of aryl methyl sites for hydroxylation is 1. The minimum Gasteiger partial charge on any atom is -0.342 e. The molecule has 6 nitrogen and oxygen atoms in total. The van der Waals surface area contributed by atoms with Gasteiger partial charge in [-0.25, -0.2) is 9.97 Å². The highest BCUT2D eigenvalue weighted by atomic mass is 32.2. The fraction of sp³-hybridized carbons (Fsp3) is 0.625. The first-order valence-electron chi connectivity index (χ1n) is 8.07. The van der Waals surface area contributed by atoms with Crippen LogP contribution >= 0.6 is 11.8 Å². The van der Waals surface area contributed by atoms with Gasteiger partial charge in [0.1, 0.15) is 11.4 Å². The molecule has 2 heterocycles. The van der Waals surface area contributed by atoms with E-state index >= 15 is 0 Å². The lowest BCUT2D eigenvalue weighted by Gasteiger charge is -2.33. The van der Waals surface area contributed by atoms with Gasteiger partial charge in [-0.3, -0.25) is 9.48 Å². The van der Waals surface area contributed by atoms with Gasteiger partial charge < -0.3 is 4.90 Å². The number of amides is 1. The molecular formula is C16H23N5OS. The number of carbonyl (C=O) groups excluding carboxylic acids is 1. The molecule has 1 aliphatic carbocycles. The summed E-state index contributed by atoms with van der Waals surface area (Å²) < 4.78 is 1.72. The molecular weight excluding hydrogens is 310 g/mol. The molecule has 7 heteroatoms. The minimum absolute atomic E-state index is 0.171. The quantitative estimate of drug-likeness (QED) is 0.635. The second-order valence-corrected chi connectivity index (χ2v) is 7.36. The molecule has 0 saturated heterocycles. The van der Waals surface area contributed by atoms with E-state index in [-0.39, 0.29) is 5.91 Å². The standard InChI is InChI=1S/C16H23N5OS/c1-11-4-6-12(7-5-11)20(2)14(22)9-23-16-13-8-19-21(3)15(13)17-10-18-16/h8,10-12H,4-7,9H2,1-3H3. The molecule has 1 amide bonds. The first-order chi connectivity index (χ1) is 11.1. The zero-order chi connectivity index (χ0) is 16.4. The van der Waals surface area contributed by atoms with Crippen LogP contribution in [0.2, 0.25) is 0 Å². The van der Waals surface area contributed by atoms with Crippen LogP contribution in [0.1, 0.15) is 32.6 Å². The van der Waals surface area contributed by atoms with Crippen LogP contribution in [0.4, 0.5) is 0 Å². The largest absolute Gasteiger partial charge is 0.342 e. The number of thioether (sulfide) groups is 1. The predicted octanol–water partition coefficient (Wildman–Crippen LogP) is 2.49. The zero-order valence-corrected chi connectivity index (χ0v) is 14.7. The SMILES string of the molecule is CC1CCC(N(C)C(=O)CSc2ncnc3c2cnn3C)CC1. The molecule has 124 valence electrons. The minimum atomic E-state index is 0.171. The summed E-state index contributed by atoms with van der Waals surface area (Å²) in [6, 6.07) is 0.392. The van der Waals surface area contributed by atoms with E-state index in [1.165, 1.54) is 30.9 Å². The van der Waals surface area contributed by atoms with Crippen LogP contribution in [0.3, 0.4) is 0 Å². The van der Waals surface area contributed by atoms with Crippen molar-refractivity contribution in [3.8, 4) is 0 Å². The lowest BCUT2D eigenvalue weighted by atomic mass is 9.87. The van der Waals surface area contributed by atoms with Crippen LogP contribution in [0.15, 0.2) is 17.6 Å². The van der Waals surface area contributed by atoms with Crippen molar-refractivity contribution >= 4 is 28.7 Å². The van der Waals surface area contributed by atoms with Crippen molar-refractivity contribution in [1.29, 1.82) is 0 Å².